The van der Waals surface area contributed by atoms with Gasteiger partial charge in [-0.2, -0.15) is 0 Å². The number of aryl methyl sites for hydroxylation is 3. The number of aromatic nitrogens is 1. The van der Waals surface area contributed by atoms with E-state index in [0.29, 0.717) is 10.9 Å². The van der Waals surface area contributed by atoms with Crippen LogP contribution in [-0.2, 0) is 16.1 Å². The highest BCUT2D eigenvalue weighted by Gasteiger charge is 2.12. The van der Waals surface area contributed by atoms with Gasteiger partial charge >= 0.3 is 5.97 Å². The van der Waals surface area contributed by atoms with E-state index < -0.39 is 0 Å². The van der Waals surface area contributed by atoms with Crippen molar-refractivity contribution in [2.75, 3.05) is 7.11 Å². The lowest BCUT2D eigenvalue weighted by Crippen LogP contribution is -2.18. The lowest BCUT2D eigenvalue weighted by molar-refractivity contribution is -0.141. The van der Waals surface area contributed by atoms with E-state index >= 15 is 0 Å². The molecule has 0 saturated heterocycles. The minimum absolute atomic E-state index is 0.0166. The van der Waals surface area contributed by atoms with Gasteiger partial charge < -0.3 is 9.30 Å². The van der Waals surface area contributed by atoms with Crippen molar-refractivity contribution in [2.45, 2.75) is 27.3 Å². The third-order valence-electron chi connectivity index (χ3n) is 3.21. The molecular formula is C15H17NO3. The zero-order valence-corrected chi connectivity index (χ0v) is 11.6. The Hall–Kier alpha value is -2.10. The van der Waals surface area contributed by atoms with Gasteiger partial charge in [0.2, 0.25) is 0 Å². The highest BCUT2D eigenvalue weighted by atomic mass is 16.5. The number of rotatable bonds is 2. The summed E-state index contributed by atoms with van der Waals surface area (Å²) in [4.78, 5) is 23.7. The van der Waals surface area contributed by atoms with Crippen LogP contribution in [0.2, 0.25) is 0 Å². The third-order valence-corrected chi connectivity index (χ3v) is 3.21. The van der Waals surface area contributed by atoms with E-state index in [1.165, 1.54) is 7.11 Å². The van der Waals surface area contributed by atoms with Gasteiger partial charge in [0.1, 0.15) is 6.54 Å². The second kappa shape index (κ2) is 4.88. The van der Waals surface area contributed by atoms with Crippen LogP contribution in [0.4, 0.5) is 0 Å². The molecule has 100 valence electrons. The summed E-state index contributed by atoms with van der Waals surface area (Å²) in [5.74, 6) is -0.329. The summed E-state index contributed by atoms with van der Waals surface area (Å²) in [6.07, 6.45) is 1.71. The van der Waals surface area contributed by atoms with Crippen LogP contribution >= 0.6 is 0 Å². The maximum absolute atomic E-state index is 12.2. The van der Waals surface area contributed by atoms with E-state index in [-0.39, 0.29) is 17.9 Å². The summed E-state index contributed by atoms with van der Waals surface area (Å²) in [5.41, 5.74) is 3.46. The first-order chi connectivity index (χ1) is 8.93. The second-order valence-corrected chi connectivity index (χ2v) is 4.82. The van der Waals surface area contributed by atoms with Gasteiger partial charge in [0.25, 0.3) is 0 Å². The quantitative estimate of drug-likeness (QED) is 0.776. The van der Waals surface area contributed by atoms with Crippen LogP contribution in [0.25, 0.3) is 10.9 Å². The van der Waals surface area contributed by atoms with Gasteiger partial charge in [-0.3, -0.25) is 9.59 Å². The Kier molecular flexibility index (Phi) is 3.42. The molecule has 0 spiro atoms. The molecule has 0 amide bonds. The van der Waals surface area contributed by atoms with Gasteiger partial charge in [0.05, 0.1) is 12.6 Å². The van der Waals surface area contributed by atoms with Crippen molar-refractivity contribution in [1.29, 1.82) is 0 Å². The van der Waals surface area contributed by atoms with Crippen molar-refractivity contribution in [1.82, 2.24) is 4.57 Å². The number of benzene rings is 1. The Labute approximate surface area is 111 Å². The fraction of sp³-hybridized carbons (Fsp3) is 0.333. The van der Waals surface area contributed by atoms with Crippen LogP contribution in [0.15, 0.2) is 23.1 Å². The molecule has 2 rings (SSSR count). The van der Waals surface area contributed by atoms with Crippen molar-refractivity contribution in [3.05, 3.63) is 45.2 Å². The summed E-state index contributed by atoms with van der Waals surface area (Å²) in [6, 6.07) is 3.87. The predicted octanol–water partition coefficient (Wildman–Crippen LogP) is 2.10. The Morgan fingerprint density at radius 1 is 1.21 bits per heavy atom. The summed E-state index contributed by atoms with van der Waals surface area (Å²) < 4.78 is 6.48. The summed E-state index contributed by atoms with van der Waals surface area (Å²) in [6.45, 7) is 5.77. The Bertz CT molecular complexity index is 713. The Morgan fingerprint density at radius 3 is 2.53 bits per heavy atom. The molecule has 4 heteroatoms. The van der Waals surface area contributed by atoms with Crippen molar-refractivity contribution in [3.63, 3.8) is 0 Å². The maximum atomic E-state index is 12.2. The molecule has 1 aromatic carbocycles. The molecule has 0 bridgehead atoms. The molecule has 0 radical (unpaired) electrons. The second-order valence-electron chi connectivity index (χ2n) is 4.82. The molecule has 19 heavy (non-hydrogen) atoms. The molecule has 0 atom stereocenters. The first-order valence-electron chi connectivity index (χ1n) is 6.12. The smallest absolute Gasteiger partial charge is 0.325 e. The standard InChI is InChI=1S/C15H17NO3/c1-9-5-10(2)14-12(6-9)15(18)11(3)7-16(14)8-13(17)19-4/h5-7H,8H2,1-4H3. The zero-order chi connectivity index (χ0) is 14.2. The molecule has 1 heterocycles. The molecule has 0 N–H and O–H groups in total. The molecular weight excluding hydrogens is 242 g/mol. The number of hydrogen-bond donors (Lipinski definition) is 0. The van der Waals surface area contributed by atoms with Crippen molar-refractivity contribution >= 4 is 16.9 Å². The van der Waals surface area contributed by atoms with E-state index in [0.717, 1.165) is 16.6 Å². The summed E-state index contributed by atoms with van der Waals surface area (Å²) in [7, 11) is 1.36. The topological polar surface area (TPSA) is 48.3 Å². The number of hydrogen-bond acceptors (Lipinski definition) is 3. The normalized spacial score (nSPS) is 10.7. The number of carbonyl (C=O) groups is 1. The summed E-state index contributed by atoms with van der Waals surface area (Å²) >= 11 is 0. The molecule has 0 saturated carbocycles. The van der Waals surface area contributed by atoms with Gasteiger partial charge in [-0.15, -0.1) is 0 Å². The zero-order valence-electron chi connectivity index (χ0n) is 11.6. The predicted molar refractivity (Wildman–Crippen MR) is 74.4 cm³/mol. The minimum Gasteiger partial charge on any atom is -0.468 e. The van der Waals surface area contributed by atoms with Gasteiger partial charge in [-0.25, -0.2) is 0 Å². The SMILES string of the molecule is COC(=O)Cn1cc(C)c(=O)c2cc(C)cc(C)c21. The lowest BCUT2D eigenvalue weighted by atomic mass is 10.0. The monoisotopic (exact) mass is 259 g/mol. The number of pyridine rings is 1. The average molecular weight is 259 g/mol. The van der Waals surface area contributed by atoms with Gasteiger partial charge in [0, 0.05) is 17.1 Å². The number of methoxy groups -OCH3 is 1. The van der Waals surface area contributed by atoms with Crippen molar-refractivity contribution in [3.8, 4) is 0 Å². The summed E-state index contributed by atoms with van der Waals surface area (Å²) in [5, 5.41) is 0.654. The largest absolute Gasteiger partial charge is 0.468 e. The first-order valence-corrected chi connectivity index (χ1v) is 6.12. The highest BCUT2D eigenvalue weighted by molar-refractivity contribution is 5.84. The van der Waals surface area contributed by atoms with Gasteiger partial charge in [-0.05, 0) is 38.0 Å². The number of nitrogens with zero attached hydrogens (tertiary/aromatic N) is 1. The van der Waals surface area contributed by atoms with E-state index in [1.807, 2.05) is 26.0 Å². The fourth-order valence-electron chi connectivity index (χ4n) is 2.41. The lowest BCUT2D eigenvalue weighted by Gasteiger charge is -2.14. The van der Waals surface area contributed by atoms with Crippen molar-refractivity contribution in [2.24, 2.45) is 0 Å². The van der Waals surface area contributed by atoms with E-state index in [2.05, 4.69) is 0 Å². The third kappa shape index (κ3) is 2.38. The van der Waals surface area contributed by atoms with E-state index in [1.54, 1.807) is 17.7 Å². The number of ether oxygens (including phenoxy) is 1. The Balaban J connectivity index is 2.81. The average Bonchev–Trinajstić information content (AvgIpc) is 2.34. The van der Waals surface area contributed by atoms with Crippen LogP contribution in [0.3, 0.4) is 0 Å². The molecule has 0 aliphatic heterocycles. The molecule has 0 fully saturated rings. The Morgan fingerprint density at radius 2 is 1.89 bits per heavy atom. The minimum atomic E-state index is -0.329. The number of carbonyl (C=O) groups excluding carboxylic acids is 1. The first kappa shape index (κ1) is 13.3. The fourth-order valence-corrected chi connectivity index (χ4v) is 2.41. The molecule has 0 aliphatic rings. The van der Waals surface area contributed by atoms with Crippen LogP contribution in [-0.4, -0.2) is 17.6 Å². The van der Waals surface area contributed by atoms with Crippen LogP contribution in [0.5, 0.6) is 0 Å². The highest BCUT2D eigenvalue weighted by Crippen LogP contribution is 2.19. The van der Waals surface area contributed by atoms with Gasteiger partial charge in [-0.1, -0.05) is 6.07 Å². The molecule has 2 aromatic rings. The van der Waals surface area contributed by atoms with Gasteiger partial charge in [0.15, 0.2) is 5.43 Å². The molecule has 1 aromatic heterocycles. The molecule has 4 nitrogen and oxygen atoms in total. The molecule has 0 aliphatic carbocycles. The molecule has 0 unspecified atom stereocenters. The number of esters is 1. The van der Waals surface area contributed by atoms with Crippen LogP contribution in [0.1, 0.15) is 16.7 Å². The number of fused-ring (bicyclic) bond motifs is 1. The van der Waals surface area contributed by atoms with E-state index in [4.69, 9.17) is 4.74 Å². The maximum Gasteiger partial charge on any atom is 0.325 e. The van der Waals surface area contributed by atoms with Crippen LogP contribution < -0.4 is 5.43 Å². The van der Waals surface area contributed by atoms with Crippen LogP contribution in [0, 0.1) is 20.8 Å². The van der Waals surface area contributed by atoms with Crippen molar-refractivity contribution < 1.29 is 9.53 Å². The van der Waals surface area contributed by atoms with E-state index in [9.17, 15) is 9.59 Å².